The third kappa shape index (κ3) is 5.20. The van der Waals surface area contributed by atoms with Gasteiger partial charge in [0.1, 0.15) is 0 Å². The summed E-state index contributed by atoms with van der Waals surface area (Å²) in [5.74, 6) is 0.888. The van der Waals surface area contributed by atoms with Crippen molar-refractivity contribution in [1.29, 1.82) is 0 Å². The van der Waals surface area contributed by atoms with Gasteiger partial charge in [0.2, 0.25) is 0 Å². The highest BCUT2D eigenvalue weighted by atomic mass is 16.5. The first-order valence-corrected chi connectivity index (χ1v) is 9.87. The molecule has 1 atom stereocenters. The Morgan fingerprint density at radius 2 is 2.11 bits per heavy atom. The second kappa shape index (κ2) is 9.71. The minimum atomic E-state index is -0.0689. The first-order chi connectivity index (χ1) is 13.2. The predicted octanol–water partition coefficient (Wildman–Crippen LogP) is 0.918. The van der Waals surface area contributed by atoms with Gasteiger partial charge in [-0.25, -0.2) is 4.99 Å². The number of hydrogen-bond donors (Lipinski definition) is 2. The van der Waals surface area contributed by atoms with Gasteiger partial charge in [0.15, 0.2) is 5.96 Å². The van der Waals surface area contributed by atoms with E-state index in [1.54, 1.807) is 7.05 Å². The Morgan fingerprint density at radius 1 is 1.30 bits per heavy atom. The molecule has 2 aliphatic rings. The topological polar surface area (TPSA) is 69.2 Å². The van der Waals surface area contributed by atoms with Crippen LogP contribution in [0.2, 0.25) is 0 Å². The van der Waals surface area contributed by atoms with E-state index in [4.69, 9.17) is 9.73 Å². The maximum Gasteiger partial charge on any atom is 0.251 e. The molecule has 0 saturated carbocycles. The predicted molar refractivity (Wildman–Crippen MR) is 107 cm³/mol. The number of ether oxygens (including phenoxy) is 1. The summed E-state index contributed by atoms with van der Waals surface area (Å²) in [4.78, 5) is 21.5. The highest BCUT2D eigenvalue weighted by Gasteiger charge is 2.30. The van der Waals surface area contributed by atoms with E-state index >= 15 is 0 Å². The number of nitrogens with zero attached hydrogens (tertiary/aromatic N) is 3. The second-order valence-electron chi connectivity index (χ2n) is 6.99. The van der Waals surface area contributed by atoms with Gasteiger partial charge < -0.3 is 20.3 Å². The van der Waals surface area contributed by atoms with E-state index in [0.29, 0.717) is 18.2 Å². The molecule has 0 radical (unpaired) electrons. The van der Waals surface area contributed by atoms with Crippen molar-refractivity contribution in [3.8, 4) is 0 Å². The standard InChI is InChI=1S/C20H31N5O2/c1-3-22-20(23-14-16-5-4-6-17(13-16)19(26)21-2)25-8-7-18(15-25)24-9-11-27-12-10-24/h4-6,13,18H,3,7-12,14-15H2,1-2H3,(H,21,26)(H,22,23). The zero-order valence-corrected chi connectivity index (χ0v) is 16.4. The number of aliphatic imine (C=N–C) groups is 1. The summed E-state index contributed by atoms with van der Waals surface area (Å²) in [5, 5.41) is 6.09. The van der Waals surface area contributed by atoms with Crippen molar-refractivity contribution >= 4 is 11.9 Å². The fourth-order valence-electron chi connectivity index (χ4n) is 3.72. The Kier molecular flexibility index (Phi) is 7.06. The molecule has 3 rings (SSSR count). The van der Waals surface area contributed by atoms with Crippen LogP contribution >= 0.6 is 0 Å². The van der Waals surface area contributed by atoms with Crippen LogP contribution in [0, 0.1) is 0 Å². The Balaban J connectivity index is 1.64. The number of benzene rings is 1. The quantitative estimate of drug-likeness (QED) is 0.593. The molecule has 1 aromatic rings. The fraction of sp³-hybridized carbons (Fsp3) is 0.600. The molecule has 2 heterocycles. The lowest BCUT2D eigenvalue weighted by molar-refractivity contribution is 0.0195. The minimum absolute atomic E-state index is 0.0689. The summed E-state index contributed by atoms with van der Waals surface area (Å²) >= 11 is 0. The monoisotopic (exact) mass is 373 g/mol. The molecular formula is C20H31N5O2. The average Bonchev–Trinajstić information content (AvgIpc) is 3.21. The van der Waals surface area contributed by atoms with E-state index in [-0.39, 0.29) is 5.91 Å². The smallest absolute Gasteiger partial charge is 0.251 e. The summed E-state index contributed by atoms with van der Waals surface area (Å²) in [6.07, 6.45) is 1.16. The van der Waals surface area contributed by atoms with E-state index in [1.807, 2.05) is 24.3 Å². The van der Waals surface area contributed by atoms with Crippen LogP contribution in [0.1, 0.15) is 29.3 Å². The summed E-state index contributed by atoms with van der Waals surface area (Å²) in [7, 11) is 1.65. The number of nitrogens with one attached hydrogen (secondary N) is 2. The van der Waals surface area contributed by atoms with Crippen LogP contribution < -0.4 is 10.6 Å². The third-order valence-corrected chi connectivity index (χ3v) is 5.19. The van der Waals surface area contributed by atoms with Crippen molar-refractivity contribution in [2.75, 3.05) is 53.0 Å². The van der Waals surface area contributed by atoms with Crippen molar-refractivity contribution in [1.82, 2.24) is 20.4 Å². The molecule has 0 aliphatic carbocycles. The van der Waals surface area contributed by atoms with Gasteiger partial charge in [0.25, 0.3) is 5.91 Å². The van der Waals surface area contributed by atoms with Gasteiger partial charge in [-0.2, -0.15) is 0 Å². The van der Waals surface area contributed by atoms with E-state index in [1.165, 1.54) is 0 Å². The van der Waals surface area contributed by atoms with Crippen molar-refractivity contribution in [2.45, 2.75) is 25.9 Å². The van der Waals surface area contributed by atoms with Gasteiger partial charge in [-0.05, 0) is 31.0 Å². The number of amides is 1. The van der Waals surface area contributed by atoms with Gasteiger partial charge >= 0.3 is 0 Å². The molecule has 27 heavy (non-hydrogen) atoms. The van der Waals surface area contributed by atoms with Crippen LogP contribution in [-0.2, 0) is 11.3 Å². The van der Waals surface area contributed by atoms with Gasteiger partial charge in [0, 0.05) is 51.4 Å². The highest BCUT2D eigenvalue weighted by Crippen LogP contribution is 2.17. The molecule has 7 nitrogen and oxygen atoms in total. The van der Waals surface area contributed by atoms with E-state index < -0.39 is 0 Å². The number of rotatable bonds is 5. The molecule has 2 saturated heterocycles. The number of carbonyl (C=O) groups is 1. The van der Waals surface area contributed by atoms with E-state index in [9.17, 15) is 4.79 Å². The maximum atomic E-state index is 11.8. The van der Waals surface area contributed by atoms with Gasteiger partial charge in [-0.1, -0.05) is 12.1 Å². The highest BCUT2D eigenvalue weighted by molar-refractivity contribution is 5.94. The normalized spacial score (nSPS) is 21.3. The Hall–Kier alpha value is -2.12. The van der Waals surface area contributed by atoms with Crippen LogP contribution in [0.5, 0.6) is 0 Å². The number of carbonyl (C=O) groups excluding carboxylic acids is 1. The summed E-state index contributed by atoms with van der Waals surface area (Å²) < 4.78 is 5.47. The van der Waals surface area contributed by atoms with Crippen molar-refractivity contribution in [3.63, 3.8) is 0 Å². The maximum absolute atomic E-state index is 11.8. The Bertz CT molecular complexity index is 658. The van der Waals surface area contributed by atoms with Crippen molar-refractivity contribution in [2.24, 2.45) is 4.99 Å². The van der Waals surface area contributed by atoms with E-state index in [2.05, 4.69) is 27.4 Å². The molecule has 2 N–H and O–H groups in total. The summed E-state index contributed by atoms with van der Waals surface area (Å²) in [6.45, 7) is 9.25. The molecule has 2 aliphatic heterocycles. The molecule has 7 heteroatoms. The number of hydrogen-bond acceptors (Lipinski definition) is 4. The molecule has 0 spiro atoms. The molecule has 1 unspecified atom stereocenters. The molecule has 1 amide bonds. The van der Waals surface area contributed by atoms with Crippen LogP contribution in [0.4, 0.5) is 0 Å². The second-order valence-corrected chi connectivity index (χ2v) is 6.99. The molecule has 2 fully saturated rings. The lowest BCUT2D eigenvalue weighted by atomic mass is 10.1. The van der Waals surface area contributed by atoms with Crippen molar-refractivity contribution < 1.29 is 9.53 Å². The zero-order valence-electron chi connectivity index (χ0n) is 16.4. The van der Waals surface area contributed by atoms with Crippen LogP contribution in [-0.4, -0.2) is 80.7 Å². The van der Waals surface area contributed by atoms with Gasteiger partial charge in [-0.15, -0.1) is 0 Å². The van der Waals surface area contributed by atoms with Crippen LogP contribution in [0.25, 0.3) is 0 Å². The fourth-order valence-corrected chi connectivity index (χ4v) is 3.72. The summed E-state index contributed by atoms with van der Waals surface area (Å²) in [5.41, 5.74) is 1.71. The van der Waals surface area contributed by atoms with Gasteiger partial charge in [0.05, 0.1) is 19.8 Å². The summed E-state index contributed by atoms with van der Waals surface area (Å²) in [6, 6.07) is 8.23. The first kappa shape index (κ1) is 19.6. The number of guanidine groups is 1. The Labute approximate surface area is 161 Å². The van der Waals surface area contributed by atoms with Crippen LogP contribution in [0.15, 0.2) is 29.3 Å². The number of likely N-dealkylation sites (tertiary alicyclic amines) is 1. The molecular weight excluding hydrogens is 342 g/mol. The van der Waals surface area contributed by atoms with Gasteiger partial charge in [-0.3, -0.25) is 9.69 Å². The Morgan fingerprint density at radius 3 is 2.85 bits per heavy atom. The molecule has 1 aromatic carbocycles. The lowest BCUT2D eigenvalue weighted by Gasteiger charge is -2.32. The lowest BCUT2D eigenvalue weighted by Crippen LogP contribution is -2.46. The third-order valence-electron chi connectivity index (χ3n) is 5.19. The van der Waals surface area contributed by atoms with Crippen LogP contribution in [0.3, 0.4) is 0 Å². The largest absolute Gasteiger partial charge is 0.379 e. The first-order valence-electron chi connectivity index (χ1n) is 9.87. The zero-order chi connectivity index (χ0) is 19.1. The SMILES string of the molecule is CCNC(=NCc1cccc(C(=O)NC)c1)N1CCC(N2CCOCC2)C1. The molecule has 0 aromatic heterocycles. The van der Waals surface area contributed by atoms with E-state index in [0.717, 1.165) is 63.9 Å². The van der Waals surface area contributed by atoms with Crippen molar-refractivity contribution in [3.05, 3.63) is 35.4 Å². The molecule has 0 bridgehead atoms. The number of morpholine rings is 1. The molecule has 148 valence electrons. The minimum Gasteiger partial charge on any atom is -0.379 e. The average molecular weight is 374 g/mol.